The molecule has 2 unspecified atom stereocenters. The zero-order chi connectivity index (χ0) is 13.9. The van der Waals surface area contributed by atoms with Gasteiger partial charge in [-0.15, -0.1) is 0 Å². The molecule has 2 atom stereocenters. The van der Waals surface area contributed by atoms with Gasteiger partial charge in [-0.25, -0.2) is 0 Å². The highest BCUT2D eigenvalue weighted by Gasteiger charge is 2.33. The van der Waals surface area contributed by atoms with Gasteiger partial charge in [0, 0.05) is 0 Å². The molecule has 18 heavy (non-hydrogen) atoms. The van der Waals surface area contributed by atoms with E-state index in [-0.39, 0.29) is 5.60 Å². The summed E-state index contributed by atoms with van der Waals surface area (Å²) in [4.78, 5) is 0. The summed E-state index contributed by atoms with van der Waals surface area (Å²) >= 11 is 0. The Morgan fingerprint density at radius 1 is 0.778 bits per heavy atom. The second-order valence-corrected chi connectivity index (χ2v) is 5.90. The summed E-state index contributed by atoms with van der Waals surface area (Å²) in [5, 5.41) is 10.9. The summed E-state index contributed by atoms with van der Waals surface area (Å²) in [5.74, 6) is 0.528. The minimum Gasteiger partial charge on any atom is -0.390 e. The van der Waals surface area contributed by atoms with Crippen molar-refractivity contribution in [1.82, 2.24) is 0 Å². The van der Waals surface area contributed by atoms with Crippen molar-refractivity contribution in [3.63, 3.8) is 0 Å². The molecule has 0 amide bonds. The molecule has 0 spiro atoms. The van der Waals surface area contributed by atoms with Gasteiger partial charge in [0.25, 0.3) is 0 Å². The van der Waals surface area contributed by atoms with Crippen LogP contribution in [0.25, 0.3) is 0 Å². The normalized spacial score (nSPS) is 16.5. The first-order valence-electron chi connectivity index (χ1n) is 8.36. The average Bonchev–Trinajstić information content (AvgIpc) is 2.40. The van der Waals surface area contributed by atoms with Crippen LogP contribution in [0.4, 0.5) is 0 Å². The Labute approximate surface area is 115 Å². The summed E-state index contributed by atoms with van der Waals surface area (Å²) in [7, 11) is 0. The first-order valence-corrected chi connectivity index (χ1v) is 8.36. The van der Waals surface area contributed by atoms with Crippen LogP contribution in [0.1, 0.15) is 98.3 Å². The maximum atomic E-state index is 10.9. The van der Waals surface area contributed by atoms with Gasteiger partial charge in [0.05, 0.1) is 5.60 Å². The highest BCUT2D eigenvalue weighted by Crippen LogP contribution is 2.34. The number of hydrogen-bond donors (Lipinski definition) is 1. The van der Waals surface area contributed by atoms with E-state index in [4.69, 9.17) is 0 Å². The minimum atomic E-state index is -0.390. The standard InChI is InChI=1S/C17H36O/c1-5-9-12-14-16(13-10-6-2)17(18,8-4)15-11-7-3/h16,18H,5-15H2,1-4H3. The lowest BCUT2D eigenvalue weighted by atomic mass is 9.76. The molecular weight excluding hydrogens is 220 g/mol. The zero-order valence-electron chi connectivity index (χ0n) is 13.3. The van der Waals surface area contributed by atoms with E-state index in [1.165, 1.54) is 57.8 Å². The molecule has 0 aliphatic rings. The molecule has 0 saturated carbocycles. The van der Waals surface area contributed by atoms with Crippen LogP contribution in [0.5, 0.6) is 0 Å². The van der Waals surface area contributed by atoms with E-state index >= 15 is 0 Å². The Hall–Kier alpha value is -0.0400. The van der Waals surface area contributed by atoms with E-state index in [1.54, 1.807) is 0 Å². The van der Waals surface area contributed by atoms with E-state index in [9.17, 15) is 5.11 Å². The maximum Gasteiger partial charge on any atom is 0.0673 e. The third kappa shape index (κ3) is 6.78. The predicted molar refractivity (Wildman–Crippen MR) is 81.9 cm³/mol. The number of hydrogen-bond acceptors (Lipinski definition) is 1. The highest BCUT2D eigenvalue weighted by atomic mass is 16.3. The second kappa shape index (κ2) is 10.8. The lowest BCUT2D eigenvalue weighted by Gasteiger charge is -2.36. The van der Waals surface area contributed by atoms with Crippen molar-refractivity contribution in [2.24, 2.45) is 5.92 Å². The van der Waals surface area contributed by atoms with Crippen LogP contribution in [0, 0.1) is 5.92 Å². The Kier molecular flexibility index (Phi) is 10.8. The van der Waals surface area contributed by atoms with E-state index in [2.05, 4.69) is 27.7 Å². The van der Waals surface area contributed by atoms with Gasteiger partial charge in [-0.2, -0.15) is 0 Å². The van der Waals surface area contributed by atoms with Crippen molar-refractivity contribution in [3.05, 3.63) is 0 Å². The molecule has 1 heteroatoms. The molecule has 0 radical (unpaired) electrons. The lowest BCUT2D eigenvalue weighted by molar-refractivity contribution is -0.0395. The number of aliphatic hydroxyl groups is 1. The fourth-order valence-corrected chi connectivity index (χ4v) is 2.93. The van der Waals surface area contributed by atoms with Crippen molar-refractivity contribution in [3.8, 4) is 0 Å². The summed E-state index contributed by atoms with van der Waals surface area (Å²) in [6, 6.07) is 0. The van der Waals surface area contributed by atoms with Crippen LogP contribution in [0.2, 0.25) is 0 Å². The van der Waals surface area contributed by atoms with Gasteiger partial charge in [0.2, 0.25) is 0 Å². The van der Waals surface area contributed by atoms with Crippen LogP contribution < -0.4 is 0 Å². The fourth-order valence-electron chi connectivity index (χ4n) is 2.93. The van der Waals surface area contributed by atoms with Gasteiger partial charge in [0.1, 0.15) is 0 Å². The van der Waals surface area contributed by atoms with Crippen LogP contribution in [0.15, 0.2) is 0 Å². The van der Waals surface area contributed by atoms with Crippen LogP contribution >= 0.6 is 0 Å². The molecule has 0 heterocycles. The third-order valence-corrected chi connectivity index (χ3v) is 4.40. The Morgan fingerprint density at radius 3 is 1.83 bits per heavy atom. The van der Waals surface area contributed by atoms with E-state index < -0.39 is 0 Å². The van der Waals surface area contributed by atoms with E-state index in [0.29, 0.717) is 5.92 Å². The molecule has 0 aliphatic carbocycles. The SMILES string of the molecule is CCCCCC(CCCC)C(O)(CC)CCCC. The van der Waals surface area contributed by atoms with Gasteiger partial charge < -0.3 is 5.11 Å². The first-order chi connectivity index (χ1) is 8.64. The first kappa shape index (κ1) is 18.0. The highest BCUT2D eigenvalue weighted by molar-refractivity contribution is 4.85. The van der Waals surface area contributed by atoms with Crippen molar-refractivity contribution < 1.29 is 5.11 Å². The quantitative estimate of drug-likeness (QED) is 0.444. The molecule has 0 rings (SSSR count). The molecule has 0 saturated heterocycles. The van der Waals surface area contributed by atoms with Gasteiger partial charge in [-0.1, -0.05) is 72.6 Å². The second-order valence-electron chi connectivity index (χ2n) is 5.90. The number of unbranched alkanes of at least 4 members (excludes halogenated alkanes) is 4. The minimum absolute atomic E-state index is 0.390. The Balaban J connectivity index is 4.43. The smallest absolute Gasteiger partial charge is 0.0673 e. The van der Waals surface area contributed by atoms with Crippen LogP contribution in [-0.4, -0.2) is 10.7 Å². The molecule has 0 aliphatic heterocycles. The topological polar surface area (TPSA) is 20.2 Å². The molecule has 1 N–H and O–H groups in total. The lowest BCUT2D eigenvalue weighted by Crippen LogP contribution is -2.37. The molecule has 1 nitrogen and oxygen atoms in total. The molecule has 110 valence electrons. The fraction of sp³-hybridized carbons (Fsp3) is 1.00. The summed E-state index contributed by atoms with van der Waals surface area (Å²) in [5.41, 5.74) is -0.390. The van der Waals surface area contributed by atoms with Crippen molar-refractivity contribution in [1.29, 1.82) is 0 Å². The van der Waals surface area contributed by atoms with Crippen LogP contribution in [0.3, 0.4) is 0 Å². The Bertz CT molecular complexity index is 178. The van der Waals surface area contributed by atoms with Gasteiger partial charge in [0.15, 0.2) is 0 Å². The van der Waals surface area contributed by atoms with Crippen molar-refractivity contribution in [2.45, 2.75) is 104 Å². The van der Waals surface area contributed by atoms with Gasteiger partial charge in [-0.3, -0.25) is 0 Å². The monoisotopic (exact) mass is 256 g/mol. The molecule has 0 aromatic carbocycles. The predicted octanol–water partition coefficient (Wildman–Crippen LogP) is 5.70. The van der Waals surface area contributed by atoms with Gasteiger partial charge in [-0.05, 0) is 31.6 Å². The Morgan fingerprint density at radius 2 is 1.33 bits per heavy atom. The summed E-state index contributed by atoms with van der Waals surface area (Å²) in [6.45, 7) is 8.88. The zero-order valence-corrected chi connectivity index (χ0v) is 13.3. The molecular formula is C17H36O. The van der Waals surface area contributed by atoms with Crippen molar-refractivity contribution >= 4 is 0 Å². The summed E-state index contributed by atoms with van der Waals surface area (Å²) < 4.78 is 0. The molecule has 0 bridgehead atoms. The van der Waals surface area contributed by atoms with E-state index in [0.717, 1.165) is 12.8 Å². The van der Waals surface area contributed by atoms with Crippen molar-refractivity contribution in [2.75, 3.05) is 0 Å². The largest absolute Gasteiger partial charge is 0.390 e. The third-order valence-electron chi connectivity index (χ3n) is 4.40. The molecule has 0 fully saturated rings. The van der Waals surface area contributed by atoms with Crippen LogP contribution in [-0.2, 0) is 0 Å². The average molecular weight is 256 g/mol. The molecule has 0 aromatic heterocycles. The number of rotatable bonds is 12. The molecule has 0 aromatic rings. The maximum absolute atomic E-state index is 10.9. The van der Waals surface area contributed by atoms with E-state index in [1.807, 2.05) is 0 Å². The summed E-state index contributed by atoms with van der Waals surface area (Å²) in [6.07, 6.45) is 13.1. The van der Waals surface area contributed by atoms with Gasteiger partial charge >= 0.3 is 0 Å².